The highest BCUT2D eigenvalue weighted by Crippen LogP contribution is 2.58. The molecule has 0 atom stereocenters. The van der Waals surface area contributed by atoms with Crippen molar-refractivity contribution in [2.24, 2.45) is 0 Å². The summed E-state index contributed by atoms with van der Waals surface area (Å²) in [4.78, 5) is 0. The maximum Gasteiger partial charge on any atom is 0.352 e. The van der Waals surface area contributed by atoms with Crippen molar-refractivity contribution < 1.29 is 17.6 Å². The van der Waals surface area contributed by atoms with Crippen molar-refractivity contribution in [3.8, 4) is 0 Å². The molecule has 0 aromatic rings. The normalized spacial score (nSPS) is 28.2. The SMILES string of the molecule is FC1(F)C(Cl)=C(Cl)C1(F)F. The second-order valence-corrected chi connectivity index (χ2v) is 2.53. The number of rotatable bonds is 0. The highest BCUT2D eigenvalue weighted by Gasteiger charge is 2.71. The average molecular weight is 195 g/mol. The number of hydrogen-bond donors (Lipinski definition) is 0. The quantitative estimate of drug-likeness (QED) is 0.521. The highest BCUT2D eigenvalue weighted by atomic mass is 35.5. The van der Waals surface area contributed by atoms with Crippen LogP contribution in [0.15, 0.2) is 10.1 Å². The molecule has 0 saturated heterocycles. The van der Waals surface area contributed by atoms with Gasteiger partial charge in [-0.1, -0.05) is 23.2 Å². The molecule has 1 aliphatic carbocycles. The fourth-order valence-corrected chi connectivity index (χ4v) is 0.964. The van der Waals surface area contributed by atoms with E-state index in [-0.39, 0.29) is 0 Å². The molecule has 10 heavy (non-hydrogen) atoms. The Morgan fingerprint density at radius 3 is 1.10 bits per heavy atom. The van der Waals surface area contributed by atoms with Gasteiger partial charge in [0.1, 0.15) is 10.1 Å². The van der Waals surface area contributed by atoms with Crippen molar-refractivity contribution in [2.45, 2.75) is 11.8 Å². The van der Waals surface area contributed by atoms with Crippen LogP contribution >= 0.6 is 23.2 Å². The number of alkyl halides is 4. The molecule has 0 N–H and O–H groups in total. The molecular weight excluding hydrogens is 195 g/mol. The molecule has 0 aromatic heterocycles. The van der Waals surface area contributed by atoms with Crippen molar-refractivity contribution >= 4 is 23.2 Å². The van der Waals surface area contributed by atoms with Gasteiger partial charge in [0, 0.05) is 0 Å². The first-order valence-corrected chi connectivity index (χ1v) is 2.89. The van der Waals surface area contributed by atoms with Gasteiger partial charge in [0.2, 0.25) is 0 Å². The monoisotopic (exact) mass is 194 g/mol. The fraction of sp³-hybridized carbons (Fsp3) is 0.500. The van der Waals surface area contributed by atoms with E-state index in [9.17, 15) is 17.6 Å². The molecule has 0 nitrogen and oxygen atoms in total. The first kappa shape index (κ1) is 8.14. The maximum absolute atomic E-state index is 11.9. The molecule has 0 bridgehead atoms. The van der Waals surface area contributed by atoms with Crippen LogP contribution < -0.4 is 0 Å². The zero-order valence-corrected chi connectivity index (χ0v) is 5.78. The van der Waals surface area contributed by atoms with Crippen LogP contribution in [0.2, 0.25) is 0 Å². The molecule has 0 radical (unpaired) electrons. The Bertz CT molecular complexity index is 185. The molecule has 0 aromatic carbocycles. The Kier molecular flexibility index (Phi) is 1.46. The Morgan fingerprint density at radius 1 is 0.800 bits per heavy atom. The molecule has 0 heterocycles. The first-order chi connectivity index (χ1) is 4.32. The first-order valence-electron chi connectivity index (χ1n) is 2.13. The van der Waals surface area contributed by atoms with E-state index in [1.807, 2.05) is 0 Å². The molecule has 0 saturated carbocycles. The summed E-state index contributed by atoms with van der Waals surface area (Å²) in [6.45, 7) is 0. The molecule has 0 spiro atoms. The summed E-state index contributed by atoms with van der Waals surface area (Å²) in [6.07, 6.45) is 0. The molecule has 0 aliphatic heterocycles. The van der Waals surface area contributed by atoms with Crippen molar-refractivity contribution in [2.75, 3.05) is 0 Å². The summed E-state index contributed by atoms with van der Waals surface area (Å²) in [6, 6.07) is 0. The number of allylic oxidation sites excluding steroid dienone is 2. The standard InChI is InChI=1S/C4Cl2F4/c5-1-2(6)4(9,10)3(1,7)8. The highest BCUT2D eigenvalue weighted by molar-refractivity contribution is 6.42. The molecule has 0 amide bonds. The zero-order chi connectivity index (χ0) is 8.15. The summed E-state index contributed by atoms with van der Waals surface area (Å²) in [5, 5.41) is -2.53. The fourth-order valence-electron chi connectivity index (χ4n) is 0.489. The van der Waals surface area contributed by atoms with Crippen molar-refractivity contribution in [3.05, 3.63) is 10.1 Å². The van der Waals surface area contributed by atoms with Gasteiger partial charge in [-0.3, -0.25) is 0 Å². The summed E-state index contributed by atoms with van der Waals surface area (Å²) >= 11 is 9.39. The number of halogens is 6. The van der Waals surface area contributed by atoms with Gasteiger partial charge in [0.15, 0.2) is 0 Å². The number of hydrogen-bond acceptors (Lipinski definition) is 0. The van der Waals surface area contributed by atoms with Gasteiger partial charge in [-0.15, -0.1) is 0 Å². The Balaban J connectivity index is 3.10. The van der Waals surface area contributed by atoms with E-state index in [4.69, 9.17) is 23.2 Å². The molecule has 0 fully saturated rings. The maximum atomic E-state index is 11.9. The van der Waals surface area contributed by atoms with Gasteiger partial charge in [-0.05, 0) is 0 Å². The largest absolute Gasteiger partial charge is 0.352 e. The van der Waals surface area contributed by atoms with Crippen LogP contribution in [-0.4, -0.2) is 11.8 Å². The average Bonchev–Trinajstić information content (AvgIpc) is 1.84. The van der Waals surface area contributed by atoms with Crippen molar-refractivity contribution in [3.63, 3.8) is 0 Å². The summed E-state index contributed by atoms with van der Waals surface area (Å²) < 4.78 is 47.7. The van der Waals surface area contributed by atoms with Crippen molar-refractivity contribution in [1.29, 1.82) is 0 Å². The van der Waals surface area contributed by atoms with Gasteiger partial charge < -0.3 is 0 Å². The van der Waals surface area contributed by atoms with Crippen LogP contribution in [0.3, 0.4) is 0 Å². The van der Waals surface area contributed by atoms with E-state index in [0.717, 1.165) is 0 Å². The van der Waals surface area contributed by atoms with Crippen LogP contribution in [-0.2, 0) is 0 Å². The molecule has 1 rings (SSSR count). The second-order valence-electron chi connectivity index (χ2n) is 1.78. The molecule has 58 valence electrons. The third-order valence-corrected chi connectivity index (χ3v) is 2.09. The topological polar surface area (TPSA) is 0 Å². The Morgan fingerprint density at radius 2 is 1.00 bits per heavy atom. The predicted octanol–water partition coefficient (Wildman–Crippen LogP) is 2.96. The van der Waals surface area contributed by atoms with Crippen LogP contribution in [0.25, 0.3) is 0 Å². The van der Waals surface area contributed by atoms with Gasteiger partial charge in [-0.2, -0.15) is 17.6 Å². The molecule has 0 unspecified atom stereocenters. The van der Waals surface area contributed by atoms with Crippen molar-refractivity contribution in [1.82, 2.24) is 0 Å². The third kappa shape index (κ3) is 0.636. The lowest BCUT2D eigenvalue weighted by Gasteiger charge is -2.34. The van der Waals surface area contributed by atoms with E-state index >= 15 is 0 Å². The molecular formula is C4Cl2F4. The van der Waals surface area contributed by atoms with Crippen LogP contribution in [0, 0.1) is 0 Å². The van der Waals surface area contributed by atoms with E-state index < -0.39 is 21.9 Å². The van der Waals surface area contributed by atoms with Gasteiger partial charge in [0.25, 0.3) is 0 Å². The Labute approximate surface area is 63.4 Å². The lowest BCUT2D eigenvalue weighted by molar-refractivity contribution is -0.177. The van der Waals surface area contributed by atoms with Crippen LogP contribution in [0.4, 0.5) is 17.6 Å². The van der Waals surface area contributed by atoms with Gasteiger partial charge >= 0.3 is 11.8 Å². The van der Waals surface area contributed by atoms with E-state index in [1.54, 1.807) is 0 Å². The molecule has 6 heteroatoms. The van der Waals surface area contributed by atoms with Gasteiger partial charge in [-0.25, -0.2) is 0 Å². The predicted molar refractivity (Wildman–Crippen MR) is 28.6 cm³/mol. The third-order valence-electron chi connectivity index (χ3n) is 1.14. The van der Waals surface area contributed by atoms with Crippen LogP contribution in [0.5, 0.6) is 0 Å². The smallest absolute Gasteiger partial charge is 0.193 e. The minimum absolute atomic E-state index is 1.26. The minimum atomic E-state index is -4.27. The zero-order valence-electron chi connectivity index (χ0n) is 4.27. The summed E-state index contributed by atoms with van der Waals surface area (Å²) in [7, 11) is 0. The lowest BCUT2D eigenvalue weighted by atomic mass is 10.0. The summed E-state index contributed by atoms with van der Waals surface area (Å²) in [5.74, 6) is -8.54. The van der Waals surface area contributed by atoms with E-state index in [0.29, 0.717) is 0 Å². The summed E-state index contributed by atoms with van der Waals surface area (Å²) in [5.41, 5.74) is 0. The molecule has 1 aliphatic rings. The van der Waals surface area contributed by atoms with E-state index in [1.165, 1.54) is 0 Å². The van der Waals surface area contributed by atoms with Gasteiger partial charge in [0.05, 0.1) is 0 Å². The minimum Gasteiger partial charge on any atom is -0.193 e. The lowest BCUT2D eigenvalue weighted by Crippen LogP contribution is -2.50. The van der Waals surface area contributed by atoms with E-state index in [2.05, 4.69) is 0 Å². The second kappa shape index (κ2) is 1.80. The Hall–Kier alpha value is 0.0400. The van der Waals surface area contributed by atoms with Crippen LogP contribution in [0.1, 0.15) is 0 Å².